The maximum atomic E-state index is 11.8. The summed E-state index contributed by atoms with van der Waals surface area (Å²) in [5, 5.41) is 0.993. The molecule has 3 aromatic rings. The third-order valence-electron chi connectivity index (χ3n) is 3.19. The van der Waals surface area contributed by atoms with Crippen LogP contribution in [0.2, 0.25) is 0 Å². The maximum absolute atomic E-state index is 11.8. The van der Waals surface area contributed by atoms with Crippen molar-refractivity contribution < 1.29 is 4.74 Å². The first kappa shape index (κ1) is 12.9. The van der Waals surface area contributed by atoms with Gasteiger partial charge in [0.15, 0.2) is 0 Å². The lowest BCUT2D eigenvalue weighted by Gasteiger charge is -2.08. The number of pyridine rings is 1. The molecule has 4 heteroatoms. The second-order valence-corrected chi connectivity index (χ2v) is 5.38. The Labute approximate surface area is 124 Å². The number of H-pyrrole nitrogens is 1. The fraction of sp³-hybridized carbons (Fsp3) is 0.0625. The van der Waals surface area contributed by atoms with Crippen molar-refractivity contribution >= 4 is 26.8 Å². The van der Waals surface area contributed by atoms with Crippen LogP contribution in [-0.2, 0) is 0 Å². The molecule has 0 aliphatic rings. The molecule has 0 aliphatic carbocycles. The monoisotopic (exact) mass is 329 g/mol. The van der Waals surface area contributed by atoms with Crippen LogP contribution in [0.5, 0.6) is 5.75 Å². The molecule has 1 heterocycles. The number of benzene rings is 2. The highest BCUT2D eigenvalue weighted by molar-refractivity contribution is 9.10. The van der Waals surface area contributed by atoms with Crippen LogP contribution in [0.1, 0.15) is 0 Å². The number of fused-ring (bicyclic) bond motifs is 1. The Morgan fingerprint density at radius 3 is 2.75 bits per heavy atom. The largest absolute Gasteiger partial charge is 0.497 e. The highest BCUT2D eigenvalue weighted by atomic mass is 79.9. The second-order valence-electron chi connectivity index (χ2n) is 4.47. The zero-order chi connectivity index (χ0) is 14.1. The van der Waals surface area contributed by atoms with Crippen molar-refractivity contribution in [3.8, 4) is 16.9 Å². The minimum Gasteiger partial charge on any atom is -0.497 e. The van der Waals surface area contributed by atoms with E-state index in [1.54, 1.807) is 13.2 Å². The third kappa shape index (κ3) is 2.34. The molecule has 2 aromatic carbocycles. The van der Waals surface area contributed by atoms with Crippen molar-refractivity contribution in [2.24, 2.45) is 0 Å². The quantitative estimate of drug-likeness (QED) is 0.773. The molecule has 0 amide bonds. The van der Waals surface area contributed by atoms with E-state index in [9.17, 15) is 4.79 Å². The van der Waals surface area contributed by atoms with Gasteiger partial charge in [0.2, 0.25) is 5.56 Å². The molecule has 1 N–H and O–H groups in total. The van der Waals surface area contributed by atoms with Crippen LogP contribution in [0.4, 0.5) is 0 Å². The zero-order valence-electron chi connectivity index (χ0n) is 10.8. The van der Waals surface area contributed by atoms with Crippen LogP contribution in [0.3, 0.4) is 0 Å². The highest BCUT2D eigenvalue weighted by Gasteiger charge is 2.07. The summed E-state index contributed by atoms with van der Waals surface area (Å²) in [6.45, 7) is 0. The second kappa shape index (κ2) is 5.13. The van der Waals surface area contributed by atoms with Crippen molar-refractivity contribution in [3.05, 3.63) is 63.4 Å². The van der Waals surface area contributed by atoms with Gasteiger partial charge in [-0.25, -0.2) is 0 Å². The maximum Gasteiger partial charge on any atom is 0.249 e. The molecular weight excluding hydrogens is 318 g/mol. The Hall–Kier alpha value is -2.07. The summed E-state index contributed by atoms with van der Waals surface area (Å²) in [6, 6.07) is 15.1. The summed E-state index contributed by atoms with van der Waals surface area (Å²) < 4.78 is 6.22. The molecule has 20 heavy (non-hydrogen) atoms. The van der Waals surface area contributed by atoms with Crippen LogP contribution in [-0.4, -0.2) is 12.1 Å². The van der Waals surface area contributed by atoms with Gasteiger partial charge in [0.25, 0.3) is 0 Å². The predicted octanol–water partition coefficient (Wildman–Crippen LogP) is 3.97. The summed E-state index contributed by atoms with van der Waals surface area (Å²) in [5.41, 5.74) is 2.55. The number of aromatic amines is 1. The third-order valence-corrected chi connectivity index (χ3v) is 3.68. The van der Waals surface area contributed by atoms with E-state index in [2.05, 4.69) is 20.9 Å². The van der Waals surface area contributed by atoms with Gasteiger partial charge in [-0.3, -0.25) is 4.79 Å². The van der Waals surface area contributed by atoms with Crippen molar-refractivity contribution in [1.29, 1.82) is 0 Å². The van der Waals surface area contributed by atoms with E-state index in [1.807, 2.05) is 42.5 Å². The van der Waals surface area contributed by atoms with Crippen LogP contribution in [0.25, 0.3) is 22.0 Å². The summed E-state index contributed by atoms with van der Waals surface area (Å²) in [4.78, 5) is 14.7. The molecule has 0 aliphatic heterocycles. The standard InChI is InChI=1S/C16H12BrNO2/c1-20-12-4-2-3-10(7-12)13-9-16(19)18-15-6-5-11(17)8-14(13)15/h2-9H,1H3,(H,18,19). The van der Waals surface area contributed by atoms with Gasteiger partial charge < -0.3 is 9.72 Å². The van der Waals surface area contributed by atoms with Crippen molar-refractivity contribution in [1.82, 2.24) is 4.98 Å². The molecule has 0 fully saturated rings. The van der Waals surface area contributed by atoms with Gasteiger partial charge in [0, 0.05) is 21.4 Å². The van der Waals surface area contributed by atoms with Gasteiger partial charge in [-0.2, -0.15) is 0 Å². The van der Waals surface area contributed by atoms with Crippen LogP contribution in [0, 0.1) is 0 Å². The molecule has 0 radical (unpaired) electrons. The smallest absolute Gasteiger partial charge is 0.249 e. The average Bonchev–Trinajstić information content (AvgIpc) is 2.47. The number of rotatable bonds is 2. The van der Waals surface area contributed by atoms with E-state index in [0.717, 1.165) is 32.3 Å². The lowest BCUT2D eigenvalue weighted by Crippen LogP contribution is -2.04. The number of nitrogens with one attached hydrogen (secondary N) is 1. The van der Waals surface area contributed by atoms with E-state index in [0.29, 0.717) is 0 Å². The molecule has 0 bridgehead atoms. The number of halogens is 1. The van der Waals surface area contributed by atoms with E-state index >= 15 is 0 Å². The van der Waals surface area contributed by atoms with Crippen molar-refractivity contribution in [3.63, 3.8) is 0 Å². The molecule has 0 unspecified atom stereocenters. The number of hydrogen-bond donors (Lipinski definition) is 1. The minimum absolute atomic E-state index is 0.113. The summed E-state index contributed by atoms with van der Waals surface area (Å²) >= 11 is 3.47. The number of hydrogen-bond acceptors (Lipinski definition) is 2. The SMILES string of the molecule is COc1cccc(-c2cc(=O)[nH]c3ccc(Br)cc23)c1. The molecule has 0 spiro atoms. The molecule has 3 nitrogen and oxygen atoms in total. The summed E-state index contributed by atoms with van der Waals surface area (Å²) in [5.74, 6) is 0.769. The van der Waals surface area contributed by atoms with Gasteiger partial charge in [-0.05, 0) is 41.5 Å². The molecule has 0 saturated heterocycles. The molecule has 1 aromatic heterocycles. The molecule has 0 saturated carbocycles. The van der Waals surface area contributed by atoms with Gasteiger partial charge in [0.1, 0.15) is 5.75 Å². The van der Waals surface area contributed by atoms with Gasteiger partial charge in [-0.15, -0.1) is 0 Å². The van der Waals surface area contributed by atoms with Crippen LogP contribution < -0.4 is 10.3 Å². The number of ether oxygens (including phenoxy) is 1. The Morgan fingerprint density at radius 1 is 1.10 bits per heavy atom. The molecule has 100 valence electrons. The van der Waals surface area contributed by atoms with E-state index < -0.39 is 0 Å². The molecule has 0 atom stereocenters. The van der Waals surface area contributed by atoms with Gasteiger partial charge >= 0.3 is 0 Å². The first-order chi connectivity index (χ1) is 9.67. The molecular formula is C16H12BrNO2. The average molecular weight is 330 g/mol. The van der Waals surface area contributed by atoms with E-state index in [1.165, 1.54) is 0 Å². The predicted molar refractivity (Wildman–Crippen MR) is 84.3 cm³/mol. The summed E-state index contributed by atoms with van der Waals surface area (Å²) in [7, 11) is 1.63. The van der Waals surface area contributed by atoms with Crippen molar-refractivity contribution in [2.75, 3.05) is 7.11 Å². The van der Waals surface area contributed by atoms with E-state index in [-0.39, 0.29) is 5.56 Å². The first-order valence-electron chi connectivity index (χ1n) is 6.14. The fourth-order valence-corrected chi connectivity index (χ4v) is 2.62. The Bertz CT molecular complexity index is 839. The normalized spacial score (nSPS) is 10.7. The fourth-order valence-electron chi connectivity index (χ4n) is 2.26. The lowest BCUT2D eigenvalue weighted by atomic mass is 10.0. The minimum atomic E-state index is -0.113. The lowest BCUT2D eigenvalue weighted by molar-refractivity contribution is 0.415. The molecule has 3 rings (SSSR count). The topological polar surface area (TPSA) is 42.1 Å². The van der Waals surface area contributed by atoms with Crippen molar-refractivity contribution in [2.45, 2.75) is 0 Å². The van der Waals surface area contributed by atoms with Crippen LogP contribution in [0.15, 0.2) is 57.8 Å². The summed E-state index contributed by atoms with van der Waals surface area (Å²) in [6.07, 6.45) is 0. The number of aromatic nitrogens is 1. The zero-order valence-corrected chi connectivity index (χ0v) is 12.4. The number of methoxy groups -OCH3 is 1. The first-order valence-corrected chi connectivity index (χ1v) is 6.94. The van der Waals surface area contributed by atoms with E-state index in [4.69, 9.17) is 4.74 Å². The van der Waals surface area contributed by atoms with Gasteiger partial charge in [-0.1, -0.05) is 28.1 Å². The highest BCUT2D eigenvalue weighted by Crippen LogP contribution is 2.30. The Morgan fingerprint density at radius 2 is 1.95 bits per heavy atom. The van der Waals surface area contributed by atoms with Crippen LogP contribution >= 0.6 is 15.9 Å². The van der Waals surface area contributed by atoms with Gasteiger partial charge in [0.05, 0.1) is 7.11 Å². The Balaban J connectivity index is 2.34. The Kier molecular flexibility index (Phi) is 3.32.